The Hall–Kier alpha value is -1.30. The number of hydrazine groups is 1. The normalized spacial score (nSPS) is 12.3. The highest BCUT2D eigenvalue weighted by atomic mass is 79.9. The largest absolute Gasteiger partial charge is 0.271 e. The third-order valence-electron chi connectivity index (χ3n) is 3.25. The van der Waals surface area contributed by atoms with Crippen molar-refractivity contribution >= 4 is 15.9 Å². The van der Waals surface area contributed by atoms with E-state index in [1.807, 2.05) is 12.1 Å². The molecular weight excluding hydrogens is 321 g/mol. The maximum Gasteiger partial charge on any atom is 0.124 e. The van der Waals surface area contributed by atoms with Gasteiger partial charge in [0.25, 0.3) is 0 Å². The summed E-state index contributed by atoms with van der Waals surface area (Å²) >= 11 is 3.38. The molecule has 1 aromatic heterocycles. The Labute approximate surface area is 126 Å². The number of hydrogen-bond acceptors (Lipinski definition) is 3. The van der Waals surface area contributed by atoms with Gasteiger partial charge < -0.3 is 0 Å². The summed E-state index contributed by atoms with van der Waals surface area (Å²) in [6.45, 7) is 0. The number of nitrogens with zero attached hydrogens (tertiary/aromatic N) is 1. The Morgan fingerprint density at radius 2 is 2.00 bits per heavy atom. The molecule has 0 amide bonds. The van der Waals surface area contributed by atoms with E-state index in [0.717, 1.165) is 29.3 Å². The number of aromatic nitrogens is 1. The molecule has 0 fully saturated rings. The first-order valence-electron chi connectivity index (χ1n) is 6.48. The topological polar surface area (TPSA) is 50.9 Å². The molecule has 0 aliphatic carbocycles. The van der Waals surface area contributed by atoms with E-state index >= 15 is 0 Å². The zero-order chi connectivity index (χ0) is 14.4. The van der Waals surface area contributed by atoms with Crippen molar-refractivity contribution in [1.29, 1.82) is 0 Å². The van der Waals surface area contributed by atoms with Crippen LogP contribution < -0.4 is 11.3 Å². The summed E-state index contributed by atoms with van der Waals surface area (Å²) in [6.07, 6.45) is 6.16. The van der Waals surface area contributed by atoms with Crippen molar-refractivity contribution in [3.63, 3.8) is 0 Å². The summed E-state index contributed by atoms with van der Waals surface area (Å²) in [5.74, 6) is 5.37. The fraction of sp³-hybridized carbons (Fsp3) is 0.267. The first kappa shape index (κ1) is 15.1. The molecule has 2 aromatic rings. The molecule has 1 aromatic carbocycles. The maximum atomic E-state index is 13.1. The lowest BCUT2D eigenvalue weighted by molar-refractivity contribution is 0.490. The number of benzene rings is 1. The van der Waals surface area contributed by atoms with Gasteiger partial charge in [0.2, 0.25) is 0 Å². The lowest BCUT2D eigenvalue weighted by Gasteiger charge is -2.16. The van der Waals surface area contributed by atoms with Crippen LogP contribution in [-0.4, -0.2) is 11.0 Å². The van der Waals surface area contributed by atoms with Gasteiger partial charge in [0.1, 0.15) is 5.82 Å². The van der Waals surface area contributed by atoms with Crippen LogP contribution in [0.4, 0.5) is 4.39 Å². The highest BCUT2D eigenvalue weighted by Crippen LogP contribution is 2.20. The maximum absolute atomic E-state index is 13.1. The third-order valence-corrected chi connectivity index (χ3v) is 3.99. The highest BCUT2D eigenvalue weighted by molar-refractivity contribution is 9.10. The van der Waals surface area contributed by atoms with Gasteiger partial charge in [0.15, 0.2) is 0 Å². The standard InChI is InChI=1S/C15H17BrFN3/c16-15-10-13(17)3-2-12(15)9-14(20-18)4-1-11-5-7-19-8-6-11/h2-3,5-8,10,14,20H,1,4,9,18H2. The monoisotopic (exact) mass is 337 g/mol. The first-order valence-corrected chi connectivity index (χ1v) is 7.27. The number of nitrogens with one attached hydrogen (secondary N) is 1. The molecule has 0 radical (unpaired) electrons. The number of rotatable bonds is 6. The van der Waals surface area contributed by atoms with Crippen LogP contribution in [0, 0.1) is 5.82 Å². The lowest BCUT2D eigenvalue weighted by atomic mass is 10.00. The van der Waals surface area contributed by atoms with Crippen LogP contribution in [-0.2, 0) is 12.8 Å². The van der Waals surface area contributed by atoms with Gasteiger partial charge >= 0.3 is 0 Å². The van der Waals surface area contributed by atoms with E-state index in [1.165, 1.54) is 17.7 Å². The summed E-state index contributed by atoms with van der Waals surface area (Å²) in [7, 11) is 0. The second-order valence-corrected chi connectivity index (χ2v) is 5.55. The molecule has 20 heavy (non-hydrogen) atoms. The minimum absolute atomic E-state index is 0.143. The predicted molar refractivity (Wildman–Crippen MR) is 81.5 cm³/mol. The van der Waals surface area contributed by atoms with Crippen molar-refractivity contribution in [2.45, 2.75) is 25.3 Å². The number of aryl methyl sites for hydroxylation is 1. The van der Waals surface area contributed by atoms with Crippen molar-refractivity contribution < 1.29 is 4.39 Å². The minimum atomic E-state index is -0.241. The van der Waals surface area contributed by atoms with Gasteiger partial charge in [-0.1, -0.05) is 22.0 Å². The van der Waals surface area contributed by atoms with Gasteiger partial charge in [0, 0.05) is 22.9 Å². The molecule has 3 N–H and O–H groups in total. The van der Waals surface area contributed by atoms with E-state index in [1.54, 1.807) is 18.5 Å². The van der Waals surface area contributed by atoms with Gasteiger partial charge in [-0.25, -0.2) is 4.39 Å². The summed E-state index contributed by atoms with van der Waals surface area (Å²) in [6, 6.07) is 8.88. The van der Waals surface area contributed by atoms with Crippen LogP contribution in [0.25, 0.3) is 0 Å². The molecule has 0 bridgehead atoms. The quantitative estimate of drug-likeness (QED) is 0.629. The van der Waals surface area contributed by atoms with E-state index in [9.17, 15) is 4.39 Å². The van der Waals surface area contributed by atoms with Crippen molar-refractivity contribution in [2.24, 2.45) is 5.84 Å². The second kappa shape index (κ2) is 7.47. The molecule has 106 valence electrons. The SMILES string of the molecule is NNC(CCc1ccncc1)Cc1ccc(F)cc1Br. The van der Waals surface area contributed by atoms with Crippen LogP contribution in [0.3, 0.4) is 0 Å². The van der Waals surface area contributed by atoms with Gasteiger partial charge in [0.05, 0.1) is 0 Å². The van der Waals surface area contributed by atoms with Crippen molar-refractivity contribution in [1.82, 2.24) is 10.4 Å². The van der Waals surface area contributed by atoms with Crippen molar-refractivity contribution in [3.05, 3.63) is 64.1 Å². The molecule has 0 saturated carbocycles. The molecule has 2 rings (SSSR count). The van der Waals surface area contributed by atoms with E-state index in [4.69, 9.17) is 5.84 Å². The fourth-order valence-electron chi connectivity index (χ4n) is 2.09. The minimum Gasteiger partial charge on any atom is -0.271 e. The molecule has 0 saturated heterocycles. The van der Waals surface area contributed by atoms with Crippen LogP contribution >= 0.6 is 15.9 Å². The Morgan fingerprint density at radius 3 is 2.65 bits per heavy atom. The van der Waals surface area contributed by atoms with Gasteiger partial charge in [-0.05, 0) is 54.7 Å². The Balaban J connectivity index is 1.95. The second-order valence-electron chi connectivity index (χ2n) is 4.70. The zero-order valence-corrected chi connectivity index (χ0v) is 12.6. The summed E-state index contributed by atoms with van der Waals surface area (Å²) in [5.41, 5.74) is 5.11. The van der Waals surface area contributed by atoms with E-state index in [-0.39, 0.29) is 11.9 Å². The number of hydrogen-bond donors (Lipinski definition) is 2. The highest BCUT2D eigenvalue weighted by Gasteiger charge is 2.11. The molecule has 0 aliphatic rings. The molecule has 5 heteroatoms. The molecule has 3 nitrogen and oxygen atoms in total. The number of halogens is 2. The fourth-order valence-corrected chi connectivity index (χ4v) is 2.60. The Kier molecular flexibility index (Phi) is 5.64. The number of pyridine rings is 1. The van der Waals surface area contributed by atoms with E-state index in [2.05, 4.69) is 26.3 Å². The lowest BCUT2D eigenvalue weighted by Crippen LogP contribution is -2.37. The van der Waals surface area contributed by atoms with Crippen molar-refractivity contribution in [3.8, 4) is 0 Å². The summed E-state index contributed by atoms with van der Waals surface area (Å²) < 4.78 is 13.8. The average Bonchev–Trinajstić information content (AvgIpc) is 2.46. The van der Waals surface area contributed by atoms with Crippen LogP contribution in [0.5, 0.6) is 0 Å². The van der Waals surface area contributed by atoms with Crippen LogP contribution in [0.2, 0.25) is 0 Å². The molecular formula is C15H17BrFN3. The number of nitrogens with two attached hydrogens (primary N) is 1. The Morgan fingerprint density at radius 1 is 1.25 bits per heavy atom. The predicted octanol–water partition coefficient (Wildman–Crippen LogP) is 2.99. The Bertz CT molecular complexity index is 548. The zero-order valence-electron chi connectivity index (χ0n) is 11.0. The molecule has 1 atom stereocenters. The summed E-state index contributed by atoms with van der Waals surface area (Å²) in [5, 5.41) is 0. The molecule has 1 unspecified atom stereocenters. The average molecular weight is 338 g/mol. The van der Waals surface area contributed by atoms with Crippen LogP contribution in [0.15, 0.2) is 47.2 Å². The van der Waals surface area contributed by atoms with Crippen molar-refractivity contribution in [2.75, 3.05) is 0 Å². The van der Waals surface area contributed by atoms with Crippen LogP contribution in [0.1, 0.15) is 17.5 Å². The van der Waals surface area contributed by atoms with E-state index in [0.29, 0.717) is 0 Å². The summed E-state index contributed by atoms with van der Waals surface area (Å²) in [4.78, 5) is 4.00. The van der Waals surface area contributed by atoms with E-state index < -0.39 is 0 Å². The van der Waals surface area contributed by atoms with Gasteiger partial charge in [-0.3, -0.25) is 16.3 Å². The third kappa shape index (κ3) is 4.37. The molecule has 1 heterocycles. The van der Waals surface area contributed by atoms with Gasteiger partial charge in [-0.15, -0.1) is 0 Å². The molecule has 0 spiro atoms. The molecule has 0 aliphatic heterocycles. The van der Waals surface area contributed by atoms with Gasteiger partial charge in [-0.2, -0.15) is 0 Å². The first-order chi connectivity index (χ1) is 9.69. The smallest absolute Gasteiger partial charge is 0.124 e.